The van der Waals surface area contributed by atoms with Gasteiger partial charge in [-0.1, -0.05) is 36.4 Å². The third-order valence-corrected chi connectivity index (χ3v) is 3.60. The van der Waals surface area contributed by atoms with Crippen molar-refractivity contribution in [2.75, 3.05) is 0 Å². The minimum Gasteiger partial charge on any atom is -0.256 e. The van der Waals surface area contributed by atoms with Gasteiger partial charge in [-0.15, -0.1) is 0 Å². The number of aromatic nitrogens is 1. The van der Waals surface area contributed by atoms with E-state index in [1.54, 1.807) is 6.07 Å². The molecule has 1 nitrogen and oxygen atoms in total. The molecule has 116 valence electrons. The lowest BCUT2D eigenvalue weighted by molar-refractivity contribution is 0.431. The van der Waals surface area contributed by atoms with Gasteiger partial charge >= 0.3 is 0 Å². The Morgan fingerprint density at radius 3 is 2.00 bits per heavy atom. The van der Waals surface area contributed by atoms with Crippen molar-refractivity contribution in [3.63, 3.8) is 0 Å². The quantitative estimate of drug-likeness (QED) is 0.356. The Kier molecular flexibility index (Phi) is 3.86. The normalized spacial score (nSPS) is 10.8. The highest BCUT2D eigenvalue weighted by atomic mass is 19.2. The molecule has 0 saturated heterocycles. The molecule has 0 atom stereocenters. The van der Waals surface area contributed by atoms with E-state index in [0.29, 0.717) is 5.69 Å². The molecule has 3 rings (SSSR count). The minimum atomic E-state index is -1.69. The average molecular weight is 317 g/mol. The molecular weight excluding hydrogens is 306 g/mol. The topological polar surface area (TPSA) is 12.9 Å². The van der Waals surface area contributed by atoms with E-state index in [4.69, 9.17) is 0 Å². The van der Waals surface area contributed by atoms with E-state index < -0.39 is 34.4 Å². The number of pyridine rings is 1. The summed E-state index contributed by atoms with van der Waals surface area (Å²) in [6.45, 7) is 1.06. The fraction of sp³-hybridized carbons (Fsp3) is 0.0556. The number of halogens is 4. The van der Waals surface area contributed by atoms with E-state index in [9.17, 15) is 17.6 Å². The largest absolute Gasteiger partial charge is 0.256 e. The number of benzene rings is 2. The monoisotopic (exact) mass is 317 g/mol. The van der Waals surface area contributed by atoms with Gasteiger partial charge in [0.05, 0.1) is 11.3 Å². The lowest BCUT2D eigenvalue weighted by atomic mass is 10.0. The predicted molar refractivity (Wildman–Crippen MR) is 79.7 cm³/mol. The van der Waals surface area contributed by atoms with Crippen LogP contribution in [0.2, 0.25) is 0 Å². The third kappa shape index (κ3) is 2.59. The molecule has 0 unspecified atom stereocenters. The van der Waals surface area contributed by atoms with Crippen LogP contribution in [0.5, 0.6) is 0 Å². The number of nitrogens with zero attached hydrogens (tertiary/aromatic N) is 1. The van der Waals surface area contributed by atoms with Crippen LogP contribution in [0, 0.1) is 30.2 Å². The van der Waals surface area contributed by atoms with Crippen LogP contribution in [-0.2, 0) is 0 Å². The molecule has 0 aliphatic rings. The molecule has 5 heteroatoms. The van der Waals surface area contributed by atoms with Gasteiger partial charge in [-0.2, -0.15) is 0 Å². The molecular formula is C18H11F4N. The first kappa shape index (κ1) is 15.2. The van der Waals surface area contributed by atoms with E-state index in [-0.39, 0.29) is 5.56 Å². The summed E-state index contributed by atoms with van der Waals surface area (Å²) in [5.41, 5.74) is 0.303. The summed E-state index contributed by atoms with van der Waals surface area (Å²) in [7, 11) is 0. The molecule has 3 aromatic rings. The number of rotatable bonds is 2. The molecule has 2 aromatic carbocycles. The Labute approximate surface area is 130 Å². The maximum absolute atomic E-state index is 14.1. The zero-order valence-electron chi connectivity index (χ0n) is 12.1. The van der Waals surface area contributed by atoms with Crippen LogP contribution in [0.4, 0.5) is 17.6 Å². The molecule has 1 heterocycles. The summed E-state index contributed by atoms with van der Waals surface area (Å²) < 4.78 is 55.0. The van der Waals surface area contributed by atoms with Gasteiger partial charge in [0.1, 0.15) is 5.82 Å². The van der Waals surface area contributed by atoms with Gasteiger partial charge in [-0.05, 0) is 13.0 Å². The Balaban J connectivity index is 2.11. The van der Waals surface area contributed by atoms with Crippen molar-refractivity contribution in [3.05, 3.63) is 77.5 Å². The van der Waals surface area contributed by atoms with Crippen molar-refractivity contribution in [1.82, 2.24) is 4.98 Å². The van der Waals surface area contributed by atoms with E-state index in [2.05, 4.69) is 4.98 Å². The molecule has 0 amide bonds. The fourth-order valence-electron chi connectivity index (χ4n) is 2.33. The van der Waals surface area contributed by atoms with Gasteiger partial charge in [0.2, 0.25) is 0 Å². The van der Waals surface area contributed by atoms with Crippen molar-refractivity contribution in [2.24, 2.45) is 0 Å². The van der Waals surface area contributed by atoms with Gasteiger partial charge < -0.3 is 0 Å². The van der Waals surface area contributed by atoms with Crippen LogP contribution in [0.15, 0.2) is 48.7 Å². The van der Waals surface area contributed by atoms with Crippen molar-refractivity contribution in [3.8, 4) is 22.4 Å². The first-order chi connectivity index (χ1) is 11.0. The summed E-state index contributed by atoms with van der Waals surface area (Å²) in [5, 5.41) is 0. The molecule has 0 aliphatic heterocycles. The standard InChI is InChI=1S/C18H11F4N/c1-10-15(19)14(17(21)18(22)16(10)20)12-7-8-13(23-9-12)11-5-3-2-4-6-11/h2-9H,1H3. The zero-order valence-corrected chi connectivity index (χ0v) is 12.1. The molecule has 0 radical (unpaired) electrons. The van der Waals surface area contributed by atoms with E-state index >= 15 is 0 Å². The molecule has 0 N–H and O–H groups in total. The number of hydrogen-bond acceptors (Lipinski definition) is 1. The summed E-state index contributed by atoms with van der Waals surface area (Å²) >= 11 is 0. The SMILES string of the molecule is Cc1c(F)c(F)c(F)c(-c2ccc(-c3ccccc3)nc2)c1F. The van der Waals surface area contributed by atoms with Gasteiger partial charge in [0.15, 0.2) is 17.5 Å². The lowest BCUT2D eigenvalue weighted by Gasteiger charge is -2.10. The molecule has 0 aliphatic carbocycles. The van der Waals surface area contributed by atoms with Crippen LogP contribution in [0.3, 0.4) is 0 Å². The highest BCUT2D eigenvalue weighted by molar-refractivity contribution is 5.68. The Morgan fingerprint density at radius 1 is 0.696 bits per heavy atom. The lowest BCUT2D eigenvalue weighted by Crippen LogP contribution is -2.03. The van der Waals surface area contributed by atoms with Gasteiger partial charge in [-0.3, -0.25) is 4.98 Å². The zero-order chi connectivity index (χ0) is 16.6. The van der Waals surface area contributed by atoms with Gasteiger partial charge in [-0.25, -0.2) is 17.6 Å². The van der Waals surface area contributed by atoms with Gasteiger partial charge in [0.25, 0.3) is 0 Å². The second-order valence-corrected chi connectivity index (χ2v) is 5.05. The van der Waals surface area contributed by atoms with Crippen molar-refractivity contribution < 1.29 is 17.6 Å². The van der Waals surface area contributed by atoms with E-state index in [0.717, 1.165) is 12.5 Å². The van der Waals surface area contributed by atoms with Crippen molar-refractivity contribution in [2.45, 2.75) is 6.92 Å². The summed E-state index contributed by atoms with van der Waals surface area (Å²) in [5.74, 6) is -5.89. The first-order valence-electron chi connectivity index (χ1n) is 6.85. The van der Waals surface area contributed by atoms with Crippen molar-refractivity contribution in [1.29, 1.82) is 0 Å². The third-order valence-electron chi connectivity index (χ3n) is 3.60. The van der Waals surface area contributed by atoms with Crippen LogP contribution in [-0.4, -0.2) is 4.98 Å². The number of hydrogen-bond donors (Lipinski definition) is 0. The molecule has 23 heavy (non-hydrogen) atoms. The molecule has 0 fully saturated rings. The maximum atomic E-state index is 14.1. The van der Waals surface area contributed by atoms with Crippen LogP contribution < -0.4 is 0 Å². The molecule has 0 spiro atoms. The minimum absolute atomic E-state index is 0.0432. The summed E-state index contributed by atoms with van der Waals surface area (Å²) in [6.07, 6.45) is 1.24. The van der Waals surface area contributed by atoms with E-state index in [1.165, 1.54) is 12.3 Å². The van der Waals surface area contributed by atoms with Gasteiger partial charge in [0, 0.05) is 22.9 Å². The van der Waals surface area contributed by atoms with Crippen LogP contribution in [0.1, 0.15) is 5.56 Å². The van der Waals surface area contributed by atoms with Crippen molar-refractivity contribution >= 4 is 0 Å². The maximum Gasteiger partial charge on any atom is 0.195 e. The second-order valence-electron chi connectivity index (χ2n) is 5.05. The van der Waals surface area contributed by atoms with E-state index in [1.807, 2.05) is 30.3 Å². The predicted octanol–water partition coefficient (Wildman–Crippen LogP) is 5.28. The Hall–Kier alpha value is -2.69. The average Bonchev–Trinajstić information content (AvgIpc) is 2.60. The van der Waals surface area contributed by atoms with Crippen LogP contribution in [0.25, 0.3) is 22.4 Å². The first-order valence-corrected chi connectivity index (χ1v) is 6.85. The highest BCUT2D eigenvalue weighted by Crippen LogP contribution is 2.32. The van der Waals surface area contributed by atoms with Crippen LogP contribution >= 0.6 is 0 Å². The fourth-order valence-corrected chi connectivity index (χ4v) is 2.33. The highest BCUT2D eigenvalue weighted by Gasteiger charge is 2.24. The Morgan fingerprint density at radius 2 is 1.39 bits per heavy atom. The smallest absolute Gasteiger partial charge is 0.195 e. The molecule has 1 aromatic heterocycles. The molecule has 0 saturated carbocycles. The second kappa shape index (κ2) is 5.83. The Bertz CT molecular complexity index is 829. The molecule has 0 bridgehead atoms. The summed E-state index contributed by atoms with van der Waals surface area (Å²) in [6, 6.07) is 12.2. The summed E-state index contributed by atoms with van der Waals surface area (Å²) in [4.78, 5) is 4.14.